The van der Waals surface area contributed by atoms with Gasteiger partial charge < -0.3 is 9.64 Å². The van der Waals surface area contributed by atoms with Crippen LogP contribution in [-0.2, 0) is 11.3 Å². The van der Waals surface area contributed by atoms with Gasteiger partial charge in [0.1, 0.15) is 5.69 Å². The first-order valence-corrected chi connectivity index (χ1v) is 9.39. The third-order valence-corrected chi connectivity index (χ3v) is 4.88. The van der Waals surface area contributed by atoms with Gasteiger partial charge in [0.15, 0.2) is 0 Å². The quantitative estimate of drug-likeness (QED) is 0.793. The number of carbonyl (C=O) groups excluding carboxylic acids is 1. The van der Waals surface area contributed by atoms with Crippen molar-refractivity contribution in [3.63, 3.8) is 0 Å². The van der Waals surface area contributed by atoms with Gasteiger partial charge in [-0.2, -0.15) is 5.10 Å². The Morgan fingerprint density at radius 3 is 2.88 bits per heavy atom. The summed E-state index contributed by atoms with van der Waals surface area (Å²) in [6.07, 6.45) is 4.41. The summed E-state index contributed by atoms with van der Waals surface area (Å²) in [5.41, 5.74) is 0.206. The Balaban J connectivity index is 1.60. The highest BCUT2D eigenvalue weighted by Crippen LogP contribution is 2.15. The zero-order valence-corrected chi connectivity index (χ0v) is 15.0. The highest BCUT2D eigenvalue weighted by Gasteiger charge is 2.24. The molecule has 2 aliphatic rings. The van der Waals surface area contributed by atoms with Crippen LogP contribution in [0.4, 0.5) is 0 Å². The van der Waals surface area contributed by atoms with Gasteiger partial charge in [-0.25, -0.2) is 4.68 Å². The molecule has 0 N–H and O–H groups in total. The summed E-state index contributed by atoms with van der Waals surface area (Å²) in [4.78, 5) is 28.8. The Morgan fingerprint density at radius 2 is 2.12 bits per heavy atom. The summed E-state index contributed by atoms with van der Waals surface area (Å²) in [7, 11) is 0. The number of amides is 1. The van der Waals surface area contributed by atoms with E-state index < -0.39 is 0 Å². The van der Waals surface area contributed by atoms with E-state index in [1.807, 2.05) is 11.8 Å². The van der Waals surface area contributed by atoms with E-state index in [2.05, 4.69) is 10.00 Å². The van der Waals surface area contributed by atoms with Gasteiger partial charge >= 0.3 is 0 Å². The number of carbonyl (C=O) groups is 1. The maximum Gasteiger partial charge on any atom is 0.274 e. The molecule has 0 aliphatic carbocycles. The third-order valence-electron chi connectivity index (χ3n) is 4.88. The number of aromatic nitrogens is 2. The molecule has 1 atom stereocenters. The molecule has 0 aromatic carbocycles. The van der Waals surface area contributed by atoms with E-state index in [-0.39, 0.29) is 11.5 Å². The van der Waals surface area contributed by atoms with Crippen LogP contribution in [-0.4, -0.2) is 70.9 Å². The van der Waals surface area contributed by atoms with Crippen molar-refractivity contribution >= 4 is 5.91 Å². The average Bonchev–Trinajstić information content (AvgIpc) is 3.01. The molecular formula is C18H28N4O3. The molecular weight excluding hydrogens is 320 g/mol. The first kappa shape index (κ1) is 18.1. The smallest absolute Gasteiger partial charge is 0.274 e. The average molecular weight is 348 g/mol. The van der Waals surface area contributed by atoms with Crippen LogP contribution in [0, 0.1) is 0 Å². The van der Waals surface area contributed by atoms with Crippen LogP contribution in [0.25, 0.3) is 0 Å². The first-order valence-electron chi connectivity index (χ1n) is 9.39. The maximum absolute atomic E-state index is 12.8. The molecule has 0 bridgehead atoms. The molecule has 0 radical (unpaired) electrons. The zero-order chi connectivity index (χ0) is 17.6. The van der Waals surface area contributed by atoms with Crippen molar-refractivity contribution < 1.29 is 9.53 Å². The number of aryl methyl sites for hydroxylation is 1. The molecule has 1 aromatic rings. The predicted molar refractivity (Wildman–Crippen MR) is 94.7 cm³/mol. The first-order chi connectivity index (χ1) is 12.2. The standard InChI is InChI=1S/C18H28N4O3/c1-2-8-22-17(23)7-6-16(19-22)18(24)21-10-4-9-20(11-12-21)14-15-5-3-13-25-15/h6-7,15H,2-5,8-14H2,1H3/t15-/m1/s1. The van der Waals surface area contributed by atoms with Gasteiger partial charge in [0.05, 0.1) is 6.10 Å². The molecule has 2 saturated heterocycles. The second-order valence-electron chi connectivity index (χ2n) is 6.86. The Kier molecular flexibility index (Phi) is 6.20. The molecule has 3 rings (SSSR count). The Morgan fingerprint density at radius 1 is 1.24 bits per heavy atom. The predicted octanol–water partition coefficient (Wildman–Crippen LogP) is 0.980. The highest BCUT2D eigenvalue weighted by atomic mass is 16.5. The molecule has 0 saturated carbocycles. The minimum absolute atomic E-state index is 0.0798. The number of hydrogen-bond donors (Lipinski definition) is 0. The van der Waals surface area contributed by atoms with Gasteiger partial charge in [-0.05, 0) is 38.3 Å². The van der Waals surface area contributed by atoms with E-state index in [9.17, 15) is 9.59 Å². The van der Waals surface area contributed by atoms with Gasteiger partial charge in [0.25, 0.3) is 11.5 Å². The fraction of sp³-hybridized carbons (Fsp3) is 0.722. The molecule has 2 fully saturated rings. The molecule has 0 spiro atoms. The van der Waals surface area contributed by atoms with Crippen molar-refractivity contribution in [1.82, 2.24) is 19.6 Å². The summed E-state index contributed by atoms with van der Waals surface area (Å²) in [6, 6.07) is 2.99. The highest BCUT2D eigenvalue weighted by molar-refractivity contribution is 5.92. The normalized spacial score (nSPS) is 22.1. The summed E-state index contributed by atoms with van der Waals surface area (Å²) in [6.45, 7) is 7.64. The van der Waals surface area contributed by atoms with E-state index in [1.54, 1.807) is 6.07 Å². The molecule has 138 valence electrons. The lowest BCUT2D eigenvalue weighted by Crippen LogP contribution is -2.38. The maximum atomic E-state index is 12.8. The Hall–Kier alpha value is -1.73. The van der Waals surface area contributed by atoms with E-state index in [4.69, 9.17) is 4.74 Å². The molecule has 7 nitrogen and oxygen atoms in total. The van der Waals surface area contributed by atoms with E-state index >= 15 is 0 Å². The van der Waals surface area contributed by atoms with Crippen molar-refractivity contribution in [2.45, 2.75) is 45.3 Å². The van der Waals surface area contributed by atoms with E-state index in [1.165, 1.54) is 10.7 Å². The lowest BCUT2D eigenvalue weighted by molar-refractivity contribution is 0.0700. The van der Waals surface area contributed by atoms with Crippen LogP contribution < -0.4 is 5.56 Å². The summed E-state index contributed by atoms with van der Waals surface area (Å²) in [5.74, 6) is -0.0798. The summed E-state index contributed by atoms with van der Waals surface area (Å²) < 4.78 is 7.11. The minimum Gasteiger partial charge on any atom is -0.377 e. The van der Waals surface area contributed by atoms with E-state index in [0.717, 1.165) is 58.5 Å². The van der Waals surface area contributed by atoms with Crippen LogP contribution in [0.15, 0.2) is 16.9 Å². The van der Waals surface area contributed by atoms with Crippen LogP contribution in [0.5, 0.6) is 0 Å². The minimum atomic E-state index is -0.156. The molecule has 3 heterocycles. The monoisotopic (exact) mass is 348 g/mol. The van der Waals surface area contributed by atoms with Crippen molar-refractivity contribution in [3.05, 3.63) is 28.2 Å². The fourth-order valence-electron chi connectivity index (χ4n) is 3.53. The summed E-state index contributed by atoms with van der Waals surface area (Å²) >= 11 is 0. The van der Waals surface area contributed by atoms with Crippen LogP contribution in [0.1, 0.15) is 43.1 Å². The molecule has 25 heavy (non-hydrogen) atoms. The van der Waals surface area contributed by atoms with E-state index in [0.29, 0.717) is 24.9 Å². The van der Waals surface area contributed by atoms with Crippen LogP contribution in [0.3, 0.4) is 0 Å². The van der Waals surface area contributed by atoms with Crippen molar-refractivity contribution in [2.75, 3.05) is 39.3 Å². The molecule has 1 amide bonds. The number of hydrogen-bond acceptors (Lipinski definition) is 5. The third kappa shape index (κ3) is 4.67. The van der Waals surface area contributed by atoms with Crippen LogP contribution in [0.2, 0.25) is 0 Å². The van der Waals surface area contributed by atoms with Crippen molar-refractivity contribution in [2.24, 2.45) is 0 Å². The van der Waals surface area contributed by atoms with Crippen molar-refractivity contribution in [3.8, 4) is 0 Å². The second-order valence-corrected chi connectivity index (χ2v) is 6.86. The Labute approximate surface area is 148 Å². The van der Waals surface area contributed by atoms with Crippen LogP contribution >= 0.6 is 0 Å². The SMILES string of the molecule is CCCn1nc(C(=O)N2CCCN(C[C@H]3CCCO3)CC2)ccc1=O. The van der Waals surface area contributed by atoms with Gasteiger partial charge in [-0.15, -0.1) is 0 Å². The fourth-order valence-corrected chi connectivity index (χ4v) is 3.53. The topological polar surface area (TPSA) is 67.7 Å². The van der Waals surface area contributed by atoms with Gasteiger partial charge in [0.2, 0.25) is 0 Å². The largest absolute Gasteiger partial charge is 0.377 e. The molecule has 0 unspecified atom stereocenters. The number of nitrogens with zero attached hydrogens (tertiary/aromatic N) is 4. The lowest BCUT2D eigenvalue weighted by Gasteiger charge is -2.24. The molecule has 1 aromatic heterocycles. The van der Waals surface area contributed by atoms with Crippen molar-refractivity contribution in [1.29, 1.82) is 0 Å². The zero-order valence-electron chi connectivity index (χ0n) is 15.0. The van der Waals surface area contributed by atoms with Gasteiger partial charge in [-0.1, -0.05) is 6.92 Å². The summed E-state index contributed by atoms with van der Waals surface area (Å²) in [5, 5.41) is 4.25. The lowest BCUT2D eigenvalue weighted by atomic mass is 10.2. The Bertz CT molecular complexity index is 639. The van der Waals surface area contributed by atoms with Gasteiger partial charge in [-0.3, -0.25) is 14.5 Å². The second kappa shape index (κ2) is 8.58. The molecule has 2 aliphatic heterocycles. The number of rotatable bonds is 5. The van der Waals surface area contributed by atoms with Gasteiger partial charge in [0, 0.05) is 45.4 Å². The number of ether oxygens (including phenoxy) is 1. The molecule has 7 heteroatoms.